The van der Waals surface area contributed by atoms with Crippen molar-refractivity contribution >= 4 is 91.0 Å². The van der Waals surface area contributed by atoms with Gasteiger partial charge < -0.3 is 0 Å². The van der Waals surface area contributed by atoms with Gasteiger partial charge in [0.25, 0.3) is 17.5 Å². The summed E-state index contributed by atoms with van der Waals surface area (Å²) in [5.41, 5.74) is 0.960. The van der Waals surface area contributed by atoms with Crippen LogP contribution in [0.15, 0.2) is 69.0 Å². The predicted octanol–water partition coefficient (Wildman–Crippen LogP) is 5.01. The van der Waals surface area contributed by atoms with Gasteiger partial charge in [-0.3, -0.25) is 29.4 Å². The van der Waals surface area contributed by atoms with Crippen molar-refractivity contribution in [3.05, 3.63) is 84.7 Å². The van der Waals surface area contributed by atoms with Gasteiger partial charge in [0.05, 0.1) is 21.9 Å². The van der Waals surface area contributed by atoms with Crippen LogP contribution in [0, 0.1) is 10.1 Å². The summed E-state index contributed by atoms with van der Waals surface area (Å²) >= 11 is 15.9. The van der Waals surface area contributed by atoms with E-state index in [4.69, 9.17) is 23.8 Å². The SMILES string of the molecule is O=C1CC(N2C(=O)/C(=C/C(Cl)=C/c3ccc([N+](=O)[O-])cc3)SC2=S)C(=O)N1c1ccc(Br)cc1. The number of thiocarbonyl (C=S) groups is 1. The number of non-ortho nitro benzene ring substituents is 1. The topological polar surface area (TPSA) is 101 Å². The van der Waals surface area contributed by atoms with Crippen LogP contribution in [0.4, 0.5) is 11.4 Å². The molecule has 2 aromatic carbocycles. The van der Waals surface area contributed by atoms with Gasteiger partial charge in [0.2, 0.25) is 5.91 Å². The molecule has 0 N–H and O–H groups in total. The van der Waals surface area contributed by atoms with Crippen molar-refractivity contribution in [2.24, 2.45) is 0 Å². The van der Waals surface area contributed by atoms with Gasteiger partial charge in [0.1, 0.15) is 10.4 Å². The lowest BCUT2D eigenvalue weighted by molar-refractivity contribution is -0.384. The van der Waals surface area contributed by atoms with E-state index in [0.717, 1.165) is 26.0 Å². The fraction of sp³-hybridized carbons (Fsp3) is 0.0909. The summed E-state index contributed by atoms with van der Waals surface area (Å²) < 4.78 is 0.951. The summed E-state index contributed by atoms with van der Waals surface area (Å²) in [4.78, 5) is 51.4. The first-order valence-corrected chi connectivity index (χ1v) is 12.1. The van der Waals surface area contributed by atoms with Gasteiger partial charge in [-0.15, -0.1) is 0 Å². The molecule has 2 heterocycles. The highest BCUT2D eigenvalue weighted by Crippen LogP contribution is 2.37. The van der Waals surface area contributed by atoms with Crippen molar-refractivity contribution in [1.82, 2.24) is 4.90 Å². The standard InChI is InChI=1S/C22H13BrClN3O5S2/c23-13-3-7-15(8-4-13)25-19(28)11-17(20(25)29)26-21(30)18(34-22(26)33)10-14(24)9-12-1-5-16(6-2-12)27(31)32/h1-10,17H,11H2/b14-9-,18-10-. The quantitative estimate of drug-likeness (QED) is 0.162. The van der Waals surface area contributed by atoms with Crippen LogP contribution in [0.5, 0.6) is 0 Å². The highest BCUT2D eigenvalue weighted by atomic mass is 79.9. The number of carbonyl (C=O) groups excluding carboxylic acids is 3. The molecule has 4 rings (SSSR count). The van der Waals surface area contributed by atoms with Crippen LogP contribution in [0.3, 0.4) is 0 Å². The number of halogens is 2. The van der Waals surface area contributed by atoms with Crippen molar-refractivity contribution in [2.75, 3.05) is 4.90 Å². The molecule has 2 saturated heterocycles. The lowest BCUT2D eigenvalue weighted by Crippen LogP contribution is -2.44. The molecule has 3 amide bonds. The zero-order valence-corrected chi connectivity index (χ0v) is 21.0. The van der Waals surface area contributed by atoms with E-state index < -0.39 is 28.7 Å². The lowest BCUT2D eigenvalue weighted by Gasteiger charge is -2.21. The highest BCUT2D eigenvalue weighted by molar-refractivity contribution is 9.10. The van der Waals surface area contributed by atoms with Crippen molar-refractivity contribution < 1.29 is 19.3 Å². The molecule has 2 aromatic rings. The number of nitrogens with zero attached hydrogens (tertiary/aromatic N) is 3. The van der Waals surface area contributed by atoms with E-state index in [-0.39, 0.29) is 26.4 Å². The van der Waals surface area contributed by atoms with Gasteiger partial charge in [0, 0.05) is 21.6 Å². The normalized spacial score (nSPS) is 20.1. The summed E-state index contributed by atoms with van der Waals surface area (Å²) in [5, 5.41) is 11.0. The van der Waals surface area contributed by atoms with Crippen LogP contribution in [0.1, 0.15) is 12.0 Å². The number of nitro benzene ring substituents is 1. The van der Waals surface area contributed by atoms with Gasteiger partial charge in [-0.2, -0.15) is 0 Å². The fourth-order valence-corrected chi connectivity index (χ4v) is 5.36. The zero-order valence-electron chi connectivity index (χ0n) is 17.0. The molecule has 1 unspecified atom stereocenters. The average Bonchev–Trinajstić information content (AvgIpc) is 3.22. The smallest absolute Gasteiger partial charge is 0.269 e. The number of rotatable bonds is 5. The Morgan fingerprint density at radius 2 is 1.79 bits per heavy atom. The molecule has 2 aliphatic rings. The van der Waals surface area contributed by atoms with E-state index in [1.165, 1.54) is 36.4 Å². The number of anilines is 1. The molecule has 2 aliphatic heterocycles. The number of benzene rings is 2. The second kappa shape index (κ2) is 9.79. The Labute approximate surface area is 216 Å². The molecule has 34 heavy (non-hydrogen) atoms. The molecular weight excluding hydrogens is 566 g/mol. The number of thioether (sulfide) groups is 1. The fourth-order valence-electron chi connectivity index (χ4n) is 3.45. The maximum atomic E-state index is 13.1. The molecule has 0 bridgehead atoms. The second-order valence-electron chi connectivity index (χ2n) is 7.19. The molecule has 0 saturated carbocycles. The van der Waals surface area contributed by atoms with Crippen LogP contribution in [0.25, 0.3) is 6.08 Å². The maximum Gasteiger partial charge on any atom is 0.269 e. The number of hydrogen-bond acceptors (Lipinski definition) is 7. The Morgan fingerprint density at radius 1 is 1.15 bits per heavy atom. The van der Waals surface area contributed by atoms with E-state index in [2.05, 4.69) is 15.9 Å². The number of nitro groups is 1. The van der Waals surface area contributed by atoms with Gasteiger partial charge >= 0.3 is 0 Å². The molecule has 1 atom stereocenters. The van der Waals surface area contributed by atoms with Gasteiger partial charge in [0.15, 0.2) is 0 Å². The van der Waals surface area contributed by atoms with Crippen molar-refractivity contribution in [3.8, 4) is 0 Å². The van der Waals surface area contributed by atoms with E-state index in [0.29, 0.717) is 11.3 Å². The number of allylic oxidation sites excluding steroid dienone is 2. The van der Waals surface area contributed by atoms with Crippen molar-refractivity contribution in [2.45, 2.75) is 12.5 Å². The first-order valence-electron chi connectivity index (χ1n) is 9.67. The molecule has 0 aromatic heterocycles. The predicted molar refractivity (Wildman–Crippen MR) is 137 cm³/mol. The Balaban J connectivity index is 1.53. The summed E-state index contributed by atoms with van der Waals surface area (Å²) in [6.45, 7) is 0. The minimum Gasteiger partial charge on any atom is -0.280 e. The third-order valence-corrected chi connectivity index (χ3v) is 7.10. The van der Waals surface area contributed by atoms with Crippen LogP contribution < -0.4 is 4.90 Å². The van der Waals surface area contributed by atoms with E-state index in [9.17, 15) is 24.5 Å². The molecular formula is C22H13BrClN3O5S2. The zero-order chi connectivity index (χ0) is 24.6. The second-order valence-corrected chi connectivity index (χ2v) is 10.2. The van der Waals surface area contributed by atoms with E-state index in [1.807, 2.05) is 0 Å². The van der Waals surface area contributed by atoms with Crippen LogP contribution in [-0.4, -0.2) is 37.9 Å². The minimum atomic E-state index is -1.04. The average molecular weight is 579 g/mol. The minimum absolute atomic E-state index is 0.0536. The number of hydrogen-bond donors (Lipinski definition) is 0. The third-order valence-electron chi connectivity index (χ3n) is 5.02. The molecule has 172 valence electrons. The van der Waals surface area contributed by atoms with Crippen LogP contribution >= 0.6 is 51.5 Å². The van der Waals surface area contributed by atoms with Gasteiger partial charge in [-0.05, 0) is 54.1 Å². The molecule has 8 nitrogen and oxygen atoms in total. The van der Waals surface area contributed by atoms with E-state index >= 15 is 0 Å². The third kappa shape index (κ3) is 4.83. The van der Waals surface area contributed by atoms with Crippen LogP contribution in [0.2, 0.25) is 0 Å². The Hall–Kier alpha value is -2.86. The Morgan fingerprint density at radius 3 is 2.41 bits per heavy atom. The largest absolute Gasteiger partial charge is 0.280 e. The van der Waals surface area contributed by atoms with Crippen molar-refractivity contribution in [1.29, 1.82) is 0 Å². The monoisotopic (exact) mass is 577 g/mol. The lowest BCUT2D eigenvalue weighted by atomic mass is 10.2. The van der Waals surface area contributed by atoms with E-state index in [1.54, 1.807) is 24.3 Å². The molecule has 12 heteroatoms. The van der Waals surface area contributed by atoms with Crippen LogP contribution in [-0.2, 0) is 14.4 Å². The highest BCUT2D eigenvalue weighted by Gasteiger charge is 2.48. The number of amides is 3. The summed E-state index contributed by atoms with van der Waals surface area (Å²) in [7, 11) is 0. The summed E-state index contributed by atoms with van der Waals surface area (Å²) in [5.74, 6) is -1.47. The molecule has 0 aliphatic carbocycles. The number of carbonyl (C=O) groups is 3. The molecule has 0 radical (unpaired) electrons. The first kappa shape index (κ1) is 24.3. The number of imide groups is 1. The maximum absolute atomic E-state index is 13.1. The molecule has 2 fully saturated rings. The Bertz CT molecular complexity index is 1290. The summed E-state index contributed by atoms with van der Waals surface area (Å²) in [6, 6.07) is 11.4. The summed E-state index contributed by atoms with van der Waals surface area (Å²) in [6.07, 6.45) is 2.77. The first-order chi connectivity index (χ1) is 16.2. The van der Waals surface area contributed by atoms with Crippen molar-refractivity contribution in [3.63, 3.8) is 0 Å². The van der Waals surface area contributed by atoms with Gasteiger partial charge in [-0.25, -0.2) is 4.90 Å². The molecule has 0 spiro atoms. The Kier molecular flexibility index (Phi) is 6.99. The van der Waals surface area contributed by atoms with Gasteiger partial charge in [-0.1, -0.05) is 51.5 Å².